The number of carbonyl (C=O) groups excluding carboxylic acids is 1. The topological polar surface area (TPSA) is 66.8 Å². The van der Waals surface area contributed by atoms with E-state index in [0.717, 1.165) is 64.6 Å². The SMILES string of the molecule is CCCCCCCCC(CCCCCCCC)OC(=O)CCCCCCCN(CCCCCCCC(=O)O)Cc1ccccc1. The number of rotatable bonds is 33. The fourth-order valence-electron chi connectivity index (χ4n) is 6.20. The Morgan fingerprint density at radius 1 is 0.600 bits per heavy atom. The van der Waals surface area contributed by atoms with Crippen LogP contribution in [0.4, 0.5) is 0 Å². The van der Waals surface area contributed by atoms with Crippen molar-refractivity contribution < 1.29 is 19.4 Å². The molecule has 5 nitrogen and oxygen atoms in total. The number of ether oxygens (including phenoxy) is 1. The number of hydrogen-bond acceptors (Lipinski definition) is 4. The van der Waals surface area contributed by atoms with Gasteiger partial charge in [-0.25, -0.2) is 0 Å². The number of benzene rings is 1. The van der Waals surface area contributed by atoms with Crippen molar-refractivity contribution in [3.05, 3.63) is 35.9 Å². The Labute approximate surface area is 278 Å². The highest BCUT2D eigenvalue weighted by molar-refractivity contribution is 5.69. The molecule has 0 heterocycles. The zero-order valence-electron chi connectivity index (χ0n) is 29.6. The minimum absolute atomic E-state index is 0.0222. The first-order chi connectivity index (χ1) is 22.0. The molecule has 0 aromatic heterocycles. The van der Waals surface area contributed by atoms with Gasteiger partial charge in [-0.2, -0.15) is 0 Å². The Bertz CT molecular complexity index is 783. The van der Waals surface area contributed by atoms with Gasteiger partial charge in [0.2, 0.25) is 0 Å². The molecule has 0 bridgehead atoms. The molecule has 45 heavy (non-hydrogen) atoms. The Kier molecular flexibility index (Phi) is 28.1. The number of carboxylic acids is 1. The summed E-state index contributed by atoms with van der Waals surface area (Å²) in [5.41, 5.74) is 1.36. The number of nitrogens with zero attached hydrogens (tertiary/aromatic N) is 1. The van der Waals surface area contributed by atoms with Crippen molar-refractivity contribution in [1.29, 1.82) is 0 Å². The number of carbonyl (C=O) groups is 2. The number of esters is 1. The van der Waals surface area contributed by atoms with Gasteiger partial charge < -0.3 is 9.84 Å². The van der Waals surface area contributed by atoms with Crippen molar-refractivity contribution in [2.24, 2.45) is 0 Å². The van der Waals surface area contributed by atoms with Crippen molar-refractivity contribution in [3.63, 3.8) is 0 Å². The third kappa shape index (κ3) is 27.0. The molecular weight excluding hydrogens is 558 g/mol. The first-order valence-electron chi connectivity index (χ1n) is 19.2. The van der Waals surface area contributed by atoms with Crippen molar-refractivity contribution in [1.82, 2.24) is 4.90 Å². The molecule has 0 saturated carbocycles. The van der Waals surface area contributed by atoms with Crippen LogP contribution in [0.3, 0.4) is 0 Å². The molecule has 0 atom stereocenters. The molecule has 1 aromatic rings. The lowest BCUT2D eigenvalue weighted by atomic mass is 10.0. The highest BCUT2D eigenvalue weighted by Gasteiger charge is 2.14. The normalized spacial score (nSPS) is 11.5. The summed E-state index contributed by atoms with van der Waals surface area (Å²) in [6.45, 7) is 7.71. The van der Waals surface area contributed by atoms with Gasteiger partial charge in [-0.3, -0.25) is 14.5 Å². The van der Waals surface area contributed by atoms with Gasteiger partial charge in [0.1, 0.15) is 6.10 Å². The largest absolute Gasteiger partial charge is 0.481 e. The minimum Gasteiger partial charge on any atom is -0.481 e. The number of aliphatic carboxylic acids is 1. The predicted molar refractivity (Wildman–Crippen MR) is 191 cm³/mol. The van der Waals surface area contributed by atoms with E-state index in [0.29, 0.717) is 12.8 Å². The minimum atomic E-state index is -0.685. The smallest absolute Gasteiger partial charge is 0.306 e. The molecule has 260 valence electrons. The Balaban J connectivity index is 2.28. The molecule has 0 aliphatic rings. The zero-order chi connectivity index (χ0) is 32.6. The van der Waals surface area contributed by atoms with Crippen molar-refractivity contribution in [2.75, 3.05) is 13.1 Å². The van der Waals surface area contributed by atoms with E-state index in [1.807, 2.05) is 0 Å². The summed E-state index contributed by atoms with van der Waals surface area (Å²) in [6.07, 6.45) is 29.3. The van der Waals surface area contributed by atoms with Crippen molar-refractivity contribution in [2.45, 2.75) is 193 Å². The van der Waals surface area contributed by atoms with E-state index in [2.05, 4.69) is 49.1 Å². The highest BCUT2D eigenvalue weighted by atomic mass is 16.5. The Morgan fingerprint density at radius 3 is 1.56 bits per heavy atom. The van der Waals surface area contributed by atoms with Gasteiger partial charge in [0.05, 0.1) is 0 Å². The van der Waals surface area contributed by atoms with Gasteiger partial charge in [0.25, 0.3) is 0 Å². The molecule has 1 N–H and O–H groups in total. The third-order valence-electron chi connectivity index (χ3n) is 9.03. The molecular formula is C40H71NO4. The summed E-state index contributed by atoms with van der Waals surface area (Å²) in [5.74, 6) is -0.663. The van der Waals surface area contributed by atoms with E-state index in [1.165, 1.54) is 115 Å². The average molecular weight is 630 g/mol. The molecule has 1 rings (SSSR count). The third-order valence-corrected chi connectivity index (χ3v) is 9.03. The van der Waals surface area contributed by atoms with Crippen LogP contribution in [0, 0.1) is 0 Å². The second-order valence-electron chi connectivity index (χ2n) is 13.4. The summed E-state index contributed by atoms with van der Waals surface area (Å²) in [4.78, 5) is 26.0. The molecule has 5 heteroatoms. The molecule has 0 spiro atoms. The summed E-state index contributed by atoms with van der Waals surface area (Å²) in [5, 5.41) is 8.81. The van der Waals surface area contributed by atoms with E-state index in [9.17, 15) is 9.59 Å². The number of hydrogen-bond donors (Lipinski definition) is 1. The van der Waals surface area contributed by atoms with Crippen molar-refractivity contribution in [3.8, 4) is 0 Å². The molecule has 0 aliphatic heterocycles. The van der Waals surface area contributed by atoms with Crippen LogP contribution in [0.25, 0.3) is 0 Å². The maximum Gasteiger partial charge on any atom is 0.306 e. The van der Waals surface area contributed by atoms with Gasteiger partial charge >= 0.3 is 11.9 Å². The molecule has 1 aromatic carbocycles. The van der Waals surface area contributed by atoms with Crippen LogP contribution in [0.1, 0.15) is 186 Å². The first kappa shape index (κ1) is 41.1. The second-order valence-corrected chi connectivity index (χ2v) is 13.4. The van der Waals surface area contributed by atoms with Crippen LogP contribution in [-0.4, -0.2) is 41.1 Å². The maximum atomic E-state index is 12.7. The van der Waals surface area contributed by atoms with Crippen LogP contribution in [0.15, 0.2) is 30.3 Å². The fraction of sp³-hybridized carbons (Fsp3) is 0.800. The van der Waals surface area contributed by atoms with Crippen LogP contribution in [0.5, 0.6) is 0 Å². The lowest BCUT2D eigenvalue weighted by molar-refractivity contribution is -0.150. The number of carboxylic acid groups (broad SMARTS) is 1. The van der Waals surface area contributed by atoms with Crippen LogP contribution >= 0.6 is 0 Å². The number of unbranched alkanes of at least 4 members (excludes halogenated alkanes) is 18. The fourth-order valence-corrected chi connectivity index (χ4v) is 6.20. The van der Waals surface area contributed by atoms with E-state index >= 15 is 0 Å². The van der Waals surface area contributed by atoms with Gasteiger partial charge in [0.15, 0.2) is 0 Å². The highest BCUT2D eigenvalue weighted by Crippen LogP contribution is 2.18. The van der Waals surface area contributed by atoms with Gasteiger partial charge in [-0.15, -0.1) is 0 Å². The van der Waals surface area contributed by atoms with E-state index < -0.39 is 5.97 Å². The predicted octanol–water partition coefficient (Wildman–Crippen LogP) is 11.7. The van der Waals surface area contributed by atoms with E-state index in [4.69, 9.17) is 9.84 Å². The maximum absolute atomic E-state index is 12.7. The molecule has 0 saturated heterocycles. The Hall–Kier alpha value is -1.88. The van der Waals surface area contributed by atoms with Crippen molar-refractivity contribution >= 4 is 11.9 Å². The monoisotopic (exact) mass is 630 g/mol. The van der Waals surface area contributed by atoms with Crippen LogP contribution in [-0.2, 0) is 20.9 Å². The summed E-state index contributed by atoms with van der Waals surface area (Å²) >= 11 is 0. The summed E-state index contributed by atoms with van der Waals surface area (Å²) < 4.78 is 6.03. The first-order valence-corrected chi connectivity index (χ1v) is 19.2. The van der Waals surface area contributed by atoms with Gasteiger partial charge in [-0.05, 0) is 70.0 Å². The molecule has 0 unspecified atom stereocenters. The molecule has 0 amide bonds. The Morgan fingerprint density at radius 2 is 1.04 bits per heavy atom. The quantitative estimate of drug-likeness (QED) is 0.0619. The molecule has 0 aliphatic carbocycles. The zero-order valence-corrected chi connectivity index (χ0v) is 29.6. The standard InChI is InChI=1S/C40H71NO4/c1-3-5-7-9-13-22-30-38(31-23-14-10-8-6-4-2)45-40(44)33-25-16-12-18-27-35-41(36-37-28-20-19-21-29-37)34-26-17-11-15-24-32-39(42)43/h19-21,28-29,38H,3-18,22-27,30-36H2,1-2H3,(H,42,43). The summed E-state index contributed by atoms with van der Waals surface area (Å²) in [7, 11) is 0. The lowest BCUT2D eigenvalue weighted by Gasteiger charge is -2.22. The molecule has 0 fully saturated rings. The van der Waals surface area contributed by atoms with Gasteiger partial charge in [0, 0.05) is 19.4 Å². The second kappa shape index (κ2) is 30.8. The van der Waals surface area contributed by atoms with E-state index in [1.54, 1.807) is 0 Å². The summed E-state index contributed by atoms with van der Waals surface area (Å²) in [6, 6.07) is 10.7. The van der Waals surface area contributed by atoms with Crippen LogP contribution < -0.4 is 0 Å². The van der Waals surface area contributed by atoms with Crippen LogP contribution in [0.2, 0.25) is 0 Å². The van der Waals surface area contributed by atoms with Gasteiger partial charge in [-0.1, -0.05) is 147 Å². The molecule has 0 radical (unpaired) electrons. The lowest BCUT2D eigenvalue weighted by Crippen LogP contribution is -2.25. The average Bonchev–Trinajstić information content (AvgIpc) is 3.03. The van der Waals surface area contributed by atoms with E-state index in [-0.39, 0.29) is 12.1 Å².